The summed E-state index contributed by atoms with van der Waals surface area (Å²) < 4.78 is 11.7. The minimum atomic E-state index is -1.73. The summed E-state index contributed by atoms with van der Waals surface area (Å²) >= 11 is 0. The van der Waals surface area contributed by atoms with Gasteiger partial charge in [-0.05, 0) is 47.7 Å². The van der Waals surface area contributed by atoms with Gasteiger partial charge in [-0.2, -0.15) is 0 Å². The lowest BCUT2D eigenvalue weighted by atomic mass is 10.1. The maximum absolute atomic E-state index is 8.61. The van der Waals surface area contributed by atoms with E-state index in [1.165, 1.54) is 0 Å². The molecule has 0 saturated heterocycles. The fourth-order valence-corrected chi connectivity index (χ4v) is 2.56. The summed E-state index contributed by atoms with van der Waals surface area (Å²) in [6.07, 6.45) is 2.86. The Morgan fingerprint density at radius 1 is 1.27 bits per heavy atom. The molecule has 9 nitrogen and oxygen atoms in total. The Morgan fingerprint density at radius 2 is 2.04 bits per heavy atom. The van der Waals surface area contributed by atoms with Gasteiger partial charge in [-0.3, -0.25) is 0 Å². The third kappa shape index (κ3) is 6.89. The first kappa shape index (κ1) is 22.3. The number of nitrogens with two attached hydrogens (primary N) is 1. The van der Waals surface area contributed by atoms with Crippen molar-refractivity contribution in [2.24, 2.45) is 5.73 Å². The lowest BCUT2D eigenvalue weighted by Gasteiger charge is -2.12. The van der Waals surface area contributed by atoms with E-state index in [1.807, 2.05) is 24.3 Å². The van der Waals surface area contributed by atoms with Crippen LogP contribution in [0.5, 0.6) is 5.75 Å². The summed E-state index contributed by atoms with van der Waals surface area (Å²) in [6.45, 7) is 0.874. The molecule has 144 valence electrons. The zero-order valence-corrected chi connectivity index (χ0v) is 15.5. The molecule has 0 saturated carbocycles. The predicted molar refractivity (Wildman–Crippen MR) is 98.7 cm³/mol. The normalized spacial score (nSPS) is 11.7. The Labute approximate surface area is 159 Å². The fourth-order valence-electron chi connectivity index (χ4n) is 2.56. The van der Waals surface area contributed by atoms with Gasteiger partial charge in [0.15, 0.2) is 5.82 Å². The van der Waals surface area contributed by atoms with Gasteiger partial charge in [-0.15, -0.1) is 17.5 Å². The van der Waals surface area contributed by atoms with Crippen molar-refractivity contribution in [3.63, 3.8) is 0 Å². The SMILES string of the molecule is COc1ccccc1CCn1nnnc1C(N)CCCCOB(O)O.Cl. The van der Waals surface area contributed by atoms with Gasteiger partial charge >= 0.3 is 7.32 Å². The number of para-hydroxylation sites is 1. The quantitative estimate of drug-likeness (QED) is 0.377. The van der Waals surface area contributed by atoms with Crippen LogP contribution in [0.1, 0.15) is 36.7 Å². The van der Waals surface area contributed by atoms with Crippen molar-refractivity contribution >= 4 is 19.7 Å². The third-order valence-corrected chi connectivity index (χ3v) is 3.85. The van der Waals surface area contributed by atoms with Crippen LogP contribution in [-0.4, -0.2) is 51.3 Å². The molecule has 0 bridgehead atoms. The van der Waals surface area contributed by atoms with Gasteiger partial charge in [0.25, 0.3) is 0 Å². The zero-order valence-electron chi connectivity index (χ0n) is 14.7. The van der Waals surface area contributed by atoms with E-state index in [0.717, 1.165) is 24.2 Å². The molecule has 0 aliphatic heterocycles. The molecule has 26 heavy (non-hydrogen) atoms. The van der Waals surface area contributed by atoms with E-state index in [-0.39, 0.29) is 25.1 Å². The number of unbranched alkanes of at least 4 members (excludes halogenated alkanes) is 1. The van der Waals surface area contributed by atoms with Crippen LogP contribution in [0.15, 0.2) is 24.3 Å². The summed E-state index contributed by atoms with van der Waals surface area (Å²) in [5.74, 6) is 1.48. The minimum absolute atomic E-state index is 0. The number of aromatic nitrogens is 4. The molecular formula is C15H25BClN5O4. The van der Waals surface area contributed by atoms with E-state index in [1.54, 1.807) is 11.8 Å². The van der Waals surface area contributed by atoms with Crippen LogP contribution < -0.4 is 10.5 Å². The van der Waals surface area contributed by atoms with Crippen LogP contribution in [0, 0.1) is 0 Å². The number of halogens is 1. The average Bonchev–Trinajstić information content (AvgIpc) is 3.08. The second-order valence-corrected chi connectivity index (χ2v) is 5.62. The van der Waals surface area contributed by atoms with Crippen molar-refractivity contribution < 1.29 is 19.4 Å². The first-order chi connectivity index (χ1) is 12.1. The van der Waals surface area contributed by atoms with E-state index in [4.69, 9.17) is 20.5 Å². The number of rotatable bonds is 11. The molecule has 1 atom stereocenters. The largest absolute Gasteiger partial charge is 0.633 e. The number of ether oxygens (including phenoxy) is 1. The molecule has 2 aromatic rings. The summed E-state index contributed by atoms with van der Waals surface area (Å²) in [5.41, 5.74) is 7.26. The molecule has 4 N–H and O–H groups in total. The molecule has 0 spiro atoms. The Morgan fingerprint density at radius 3 is 2.77 bits per heavy atom. The van der Waals surface area contributed by atoms with Crippen LogP contribution in [0.2, 0.25) is 0 Å². The molecular weight excluding hydrogens is 360 g/mol. The van der Waals surface area contributed by atoms with Crippen LogP contribution in [-0.2, 0) is 17.6 Å². The van der Waals surface area contributed by atoms with Crippen LogP contribution in [0.3, 0.4) is 0 Å². The summed E-state index contributed by atoms with van der Waals surface area (Å²) in [7, 11) is -0.0765. The third-order valence-electron chi connectivity index (χ3n) is 3.85. The number of hydrogen-bond donors (Lipinski definition) is 3. The van der Waals surface area contributed by atoms with Gasteiger partial charge in [0.05, 0.1) is 13.2 Å². The summed E-state index contributed by atoms with van der Waals surface area (Å²) in [5, 5.41) is 29.0. The number of hydrogen-bond acceptors (Lipinski definition) is 8. The van der Waals surface area contributed by atoms with Crippen molar-refractivity contribution in [1.82, 2.24) is 20.2 Å². The molecule has 11 heteroatoms. The van der Waals surface area contributed by atoms with Gasteiger partial charge in [-0.1, -0.05) is 18.2 Å². The highest BCUT2D eigenvalue weighted by atomic mass is 35.5. The van der Waals surface area contributed by atoms with Crippen LogP contribution in [0.4, 0.5) is 0 Å². The molecule has 1 heterocycles. The number of methoxy groups -OCH3 is 1. The molecule has 1 unspecified atom stereocenters. The smallest absolute Gasteiger partial charge is 0.496 e. The Bertz CT molecular complexity index is 646. The molecule has 1 aromatic carbocycles. The molecule has 0 aliphatic carbocycles. The molecule has 0 aliphatic rings. The van der Waals surface area contributed by atoms with Crippen LogP contribution >= 0.6 is 12.4 Å². The predicted octanol–water partition coefficient (Wildman–Crippen LogP) is 0.502. The van der Waals surface area contributed by atoms with E-state index in [0.29, 0.717) is 25.2 Å². The van der Waals surface area contributed by atoms with Gasteiger partial charge in [0.1, 0.15) is 5.75 Å². The summed E-state index contributed by atoms with van der Waals surface area (Å²) in [4.78, 5) is 0. The van der Waals surface area contributed by atoms with Crippen LogP contribution in [0.25, 0.3) is 0 Å². The maximum atomic E-state index is 8.61. The monoisotopic (exact) mass is 385 g/mol. The lowest BCUT2D eigenvalue weighted by molar-refractivity contribution is 0.181. The fraction of sp³-hybridized carbons (Fsp3) is 0.533. The number of nitrogens with zero attached hydrogens (tertiary/aromatic N) is 4. The molecule has 2 rings (SSSR count). The minimum Gasteiger partial charge on any atom is -0.496 e. The van der Waals surface area contributed by atoms with E-state index >= 15 is 0 Å². The molecule has 1 aromatic heterocycles. The highest BCUT2D eigenvalue weighted by Crippen LogP contribution is 2.19. The Kier molecular flexibility index (Phi) is 10.1. The van der Waals surface area contributed by atoms with E-state index < -0.39 is 7.32 Å². The first-order valence-electron chi connectivity index (χ1n) is 8.23. The molecule has 0 amide bonds. The number of tetrazole rings is 1. The maximum Gasteiger partial charge on any atom is 0.633 e. The Hall–Kier alpha value is -1.72. The van der Waals surface area contributed by atoms with Crippen molar-refractivity contribution in [2.75, 3.05) is 13.7 Å². The van der Waals surface area contributed by atoms with Gasteiger partial charge in [0.2, 0.25) is 0 Å². The zero-order chi connectivity index (χ0) is 18.1. The van der Waals surface area contributed by atoms with Crippen molar-refractivity contribution in [1.29, 1.82) is 0 Å². The number of benzene rings is 1. The summed E-state index contributed by atoms with van der Waals surface area (Å²) in [6, 6.07) is 7.55. The van der Waals surface area contributed by atoms with Gasteiger partial charge in [-0.25, -0.2) is 4.68 Å². The van der Waals surface area contributed by atoms with Gasteiger partial charge < -0.3 is 25.2 Å². The van der Waals surface area contributed by atoms with Gasteiger partial charge in [0, 0.05) is 13.2 Å². The average molecular weight is 386 g/mol. The molecule has 0 radical (unpaired) electrons. The van der Waals surface area contributed by atoms with Crippen molar-refractivity contribution in [3.05, 3.63) is 35.7 Å². The number of aryl methyl sites for hydroxylation is 2. The Balaban J connectivity index is 0.00000338. The standard InChI is InChI=1S/C15H24BN5O4.ClH/c1-24-14-8-3-2-6-12(14)9-10-21-15(18-19-20-21)13(17)7-4-5-11-25-16(22)23;/h2-3,6,8,13,22-23H,4-5,7,9-11,17H2,1H3;1H. The second kappa shape index (κ2) is 11.8. The topological polar surface area (TPSA) is 129 Å². The van der Waals surface area contributed by atoms with Crippen molar-refractivity contribution in [2.45, 2.75) is 38.3 Å². The molecule has 0 fully saturated rings. The highest BCUT2D eigenvalue weighted by Gasteiger charge is 2.15. The van der Waals surface area contributed by atoms with E-state index in [2.05, 4.69) is 20.2 Å². The van der Waals surface area contributed by atoms with E-state index in [9.17, 15) is 0 Å². The second-order valence-electron chi connectivity index (χ2n) is 5.62. The highest BCUT2D eigenvalue weighted by molar-refractivity contribution is 6.32. The van der Waals surface area contributed by atoms with Crippen molar-refractivity contribution in [3.8, 4) is 5.75 Å². The first-order valence-corrected chi connectivity index (χ1v) is 8.23. The lowest BCUT2D eigenvalue weighted by Crippen LogP contribution is -2.19.